The molecule has 20 heavy (non-hydrogen) atoms. The van der Waals surface area contributed by atoms with E-state index in [-0.39, 0.29) is 5.84 Å². The molecule has 0 aliphatic heterocycles. The first-order chi connectivity index (χ1) is 9.40. The molecule has 2 aromatic carbocycles. The molecule has 0 atom stereocenters. The highest BCUT2D eigenvalue weighted by Crippen LogP contribution is 2.32. The minimum absolute atomic E-state index is 0.0336. The van der Waals surface area contributed by atoms with E-state index in [1.165, 1.54) is 5.56 Å². The van der Waals surface area contributed by atoms with Crippen LogP contribution in [0.3, 0.4) is 0 Å². The van der Waals surface area contributed by atoms with Crippen LogP contribution < -0.4 is 10.5 Å². The lowest BCUT2D eigenvalue weighted by Gasteiger charge is -2.14. The van der Waals surface area contributed by atoms with Crippen LogP contribution >= 0.6 is 15.9 Å². The Morgan fingerprint density at radius 3 is 2.35 bits per heavy atom. The van der Waals surface area contributed by atoms with Crippen molar-refractivity contribution in [3.63, 3.8) is 0 Å². The third-order valence-electron chi connectivity index (χ3n) is 3.32. The summed E-state index contributed by atoms with van der Waals surface area (Å²) < 4.78 is 6.75. The van der Waals surface area contributed by atoms with Gasteiger partial charge >= 0.3 is 0 Å². The molecular weight excluding hydrogens is 316 g/mol. The Kier molecular flexibility index (Phi) is 4.14. The Bertz CT molecular complexity index is 680. The number of aryl methyl sites for hydroxylation is 2. The van der Waals surface area contributed by atoms with E-state index in [0.29, 0.717) is 5.56 Å². The number of hydrogen-bond donors (Lipinski definition) is 2. The number of halogens is 1. The maximum absolute atomic E-state index is 7.47. The highest BCUT2D eigenvalue weighted by atomic mass is 79.9. The second kappa shape index (κ2) is 5.67. The van der Waals surface area contributed by atoms with Crippen LogP contribution in [-0.2, 0) is 0 Å². The molecule has 3 nitrogen and oxygen atoms in total. The third-order valence-corrected chi connectivity index (χ3v) is 3.98. The normalized spacial score (nSPS) is 10.4. The summed E-state index contributed by atoms with van der Waals surface area (Å²) in [6.45, 7) is 6.15. The van der Waals surface area contributed by atoms with Crippen molar-refractivity contribution in [2.24, 2.45) is 5.73 Å². The van der Waals surface area contributed by atoms with Crippen LogP contribution in [0.25, 0.3) is 0 Å². The summed E-state index contributed by atoms with van der Waals surface area (Å²) in [5.41, 5.74) is 9.59. The van der Waals surface area contributed by atoms with Crippen molar-refractivity contribution in [3.8, 4) is 11.5 Å². The van der Waals surface area contributed by atoms with Crippen LogP contribution in [0.5, 0.6) is 11.5 Å². The van der Waals surface area contributed by atoms with Crippen LogP contribution in [0.4, 0.5) is 0 Å². The maximum Gasteiger partial charge on any atom is 0.133 e. The Balaban J connectivity index is 2.39. The molecule has 0 bridgehead atoms. The Morgan fingerprint density at radius 1 is 1.10 bits per heavy atom. The number of nitrogen functional groups attached to an aromatic ring is 1. The Hall–Kier alpha value is -1.81. The van der Waals surface area contributed by atoms with E-state index in [2.05, 4.69) is 41.9 Å². The summed E-state index contributed by atoms with van der Waals surface area (Å²) in [5, 5.41) is 7.47. The fraction of sp³-hybridized carbons (Fsp3) is 0.188. The van der Waals surface area contributed by atoms with Crippen molar-refractivity contribution < 1.29 is 4.74 Å². The van der Waals surface area contributed by atoms with Crippen molar-refractivity contribution in [1.82, 2.24) is 0 Å². The minimum Gasteiger partial charge on any atom is -0.457 e. The quantitative estimate of drug-likeness (QED) is 0.644. The van der Waals surface area contributed by atoms with Gasteiger partial charge in [0.1, 0.15) is 17.3 Å². The average molecular weight is 333 g/mol. The predicted molar refractivity (Wildman–Crippen MR) is 85.9 cm³/mol. The molecule has 0 aliphatic rings. The van der Waals surface area contributed by atoms with E-state index in [1.807, 2.05) is 19.1 Å². The van der Waals surface area contributed by atoms with Gasteiger partial charge in [0.05, 0.1) is 0 Å². The van der Waals surface area contributed by atoms with E-state index in [1.54, 1.807) is 6.07 Å². The van der Waals surface area contributed by atoms with Gasteiger partial charge < -0.3 is 10.5 Å². The SMILES string of the molecule is Cc1ccc(C)c(Oc2ccc(C(=N)N)c(Br)c2)c1C. The predicted octanol–water partition coefficient (Wildman–Crippen LogP) is 4.45. The first-order valence-corrected chi connectivity index (χ1v) is 7.08. The highest BCUT2D eigenvalue weighted by molar-refractivity contribution is 9.10. The highest BCUT2D eigenvalue weighted by Gasteiger charge is 2.10. The van der Waals surface area contributed by atoms with Gasteiger partial charge in [0.25, 0.3) is 0 Å². The number of ether oxygens (including phenoxy) is 1. The number of amidine groups is 1. The van der Waals surface area contributed by atoms with E-state index >= 15 is 0 Å². The summed E-state index contributed by atoms with van der Waals surface area (Å²) in [4.78, 5) is 0. The minimum atomic E-state index is 0.0336. The molecule has 3 N–H and O–H groups in total. The fourth-order valence-electron chi connectivity index (χ4n) is 1.98. The van der Waals surface area contributed by atoms with Gasteiger partial charge in [-0.1, -0.05) is 12.1 Å². The summed E-state index contributed by atoms with van der Waals surface area (Å²) in [6.07, 6.45) is 0. The number of rotatable bonds is 3. The molecule has 0 heterocycles. The molecule has 0 radical (unpaired) electrons. The van der Waals surface area contributed by atoms with Crippen molar-refractivity contribution in [2.45, 2.75) is 20.8 Å². The number of hydrogen-bond acceptors (Lipinski definition) is 2. The molecule has 0 aliphatic carbocycles. The van der Waals surface area contributed by atoms with Crippen LogP contribution in [-0.4, -0.2) is 5.84 Å². The topological polar surface area (TPSA) is 59.1 Å². The monoisotopic (exact) mass is 332 g/mol. The molecule has 104 valence electrons. The van der Waals surface area contributed by atoms with Crippen molar-refractivity contribution >= 4 is 21.8 Å². The number of benzene rings is 2. The first kappa shape index (κ1) is 14.6. The van der Waals surface area contributed by atoms with Crippen LogP contribution in [0, 0.1) is 26.2 Å². The van der Waals surface area contributed by atoms with Gasteiger partial charge in [-0.3, -0.25) is 5.41 Å². The van der Waals surface area contributed by atoms with Crippen molar-refractivity contribution in [3.05, 3.63) is 57.1 Å². The molecule has 0 unspecified atom stereocenters. The molecule has 2 aromatic rings. The summed E-state index contributed by atoms with van der Waals surface area (Å²) in [6, 6.07) is 9.58. The second-order valence-corrected chi connectivity index (χ2v) is 5.67. The van der Waals surface area contributed by atoms with Crippen LogP contribution in [0.1, 0.15) is 22.3 Å². The summed E-state index contributed by atoms with van der Waals surface area (Å²) in [7, 11) is 0. The lowest BCUT2D eigenvalue weighted by molar-refractivity contribution is 0.474. The molecule has 0 spiro atoms. The molecule has 0 aromatic heterocycles. The van der Waals surface area contributed by atoms with Gasteiger partial charge in [-0.2, -0.15) is 0 Å². The lowest BCUT2D eigenvalue weighted by atomic mass is 10.1. The summed E-state index contributed by atoms with van der Waals surface area (Å²) in [5.74, 6) is 1.64. The largest absolute Gasteiger partial charge is 0.457 e. The standard InChI is InChI=1S/C16H17BrN2O/c1-9-4-5-10(2)15(11(9)3)20-12-6-7-13(16(18)19)14(17)8-12/h4-8H,1-3H3,(H3,18,19). The van der Waals surface area contributed by atoms with E-state index < -0.39 is 0 Å². The summed E-state index contributed by atoms with van der Waals surface area (Å²) >= 11 is 3.41. The second-order valence-electron chi connectivity index (χ2n) is 4.81. The molecule has 0 fully saturated rings. The number of nitrogens with one attached hydrogen (secondary N) is 1. The van der Waals surface area contributed by atoms with Gasteiger partial charge in [0.2, 0.25) is 0 Å². The first-order valence-electron chi connectivity index (χ1n) is 6.28. The maximum atomic E-state index is 7.47. The molecule has 4 heteroatoms. The molecule has 0 saturated heterocycles. The zero-order valence-corrected chi connectivity index (χ0v) is 13.3. The van der Waals surface area contributed by atoms with Gasteiger partial charge in [-0.15, -0.1) is 0 Å². The van der Waals surface area contributed by atoms with Gasteiger partial charge in [-0.05, 0) is 71.6 Å². The van der Waals surface area contributed by atoms with Gasteiger partial charge in [0, 0.05) is 10.0 Å². The molecule has 0 amide bonds. The van der Waals surface area contributed by atoms with Crippen molar-refractivity contribution in [1.29, 1.82) is 5.41 Å². The van der Waals surface area contributed by atoms with E-state index in [9.17, 15) is 0 Å². The zero-order chi connectivity index (χ0) is 14.9. The molecular formula is C16H17BrN2O. The van der Waals surface area contributed by atoms with E-state index in [0.717, 1.165) is 27.1 Å². The van der Waals surface area contributed by atoms with Crippen LogP contribution in [0.2, 0.25) is 0 Å². The van der Waals surface area contributed by atoms with Gasteiger partial charge in [0.15, 0.2) is 0 Å². The van der Waals surface area contributed by atoms with Crippen molar-refractivity contribution in [2.75, 3.05) is 0 Å². The smallest absolute Gasteiger partial charge is 0.133 e. The third kappa shape index (κ3) is 2.85. The molecule has 0 saturated carbocycles. The Labute approximate surface area is 127 Å². The zero-order valence-electron chi connectivity index (χ0n) is 11.8. The molecule has 2 rings (SSSR count). The van der Waals surface area contributed by atoms with Gasteiger partial charge in [-0.25, -0.2) is 0 Å². The number of nitrogens with two attached hydrogens (primary N) is 1. The van der Waals surface area contributed by atoms with Crippen LogP contribution in [0.15, 0.2) is 34.8 Å². The Morgan fingerprint density at radius 2 is 1.75 bits per heavy atom. The lowest BCUT2D eigenvalue weighted by Crippen LogP contribution is -2.11. The fourth-order valence-corrected chi connectivity index (χ4v) is 2.55. The average Bonchev–Trinajstić information content (AvgIpc) is 2.39. The van der Waals surface area contributed by atoms with E-state index in [4.69, 9.17) is 15.9 Å².